The second kappa shape index (κ2) is 9.47. The van der Waals surface area contributed by atoms with Crippen molar-refractivity contribution in [3.63, 3.8) is 0 Å². The van der Waals surface area contributed by atoms with Crippen molar-refractivity contribution in [2.75, 3.05) is 6.54 Å². The van der Waals surface area contributed by atoms with Crippen LogP contribution in [-0.4, -0.2) is 46.8 Å². The molecule has 0 saturated carbocycles. The fraction of sp³-hybridized carbons (Fsp3) is 0.500. The summed E-state index contributed by atoms with van der Waals surface area (Å²) in [6, 6.07) is 0.993. The smallest absolute Gasteiger partial charge is 0.333 e. The summed E-state index contributed by atoms with van der Waals surface area (Å²) >= 11 is 0. The van der Waals surface area contributed by atoms with E-state index in [0.29, 0.717) is 12.1 Å². The van der Waals surface area contributed by atoms with Crippen molar-refractivity contribution in [3.05, 3.63) is 46.8 Å². The van der Waals surface area contributed by atoms with Gasteiger partial charge in [0.15, 0.2) is 17.5 Å². The van der Waals surface area contributed by atoms with Gasteiger partial charge in [0.1, 0.15) is 16.8 Å². The van der Waals surface area contributed by atoms with Gasteiger partial charge < -0.3 is 9.47 Å². The van der Waals surface area contributed by atoms with Crippen LogP contribution in [0.25, 0.3) is 0 Å². The minimum atomic E-state index is -4.69. The van der Waals surface area contributed by atoms with E-state index < -0.39 is 63.9 Å². The highest BCUT2D eigenvalue weighted by Crippen LogP contribution is 2.29. The lowest BCUT2D eigenvalue weighted by atomic mass is 10.0. The summed E-state index contributed by atoms with van der Waals surface area (Å²) < 4.78 is 96.8. The van der Waals surface area contributed by atoms with Gasteiger partial charge in [-0.3, -0.25) is 4.79 Å². The number of carbonyl (C=O) groups excluding carboxylic acids is 1. The number of halogens is 6. The lowest BCUT2D eigenvalue weighted by Crippen LogP contribution is -2.40. The van der Waals surface area contributed by atoms with Crippen molar-refractivity contribution in [2.24, 2.45) is 4.40 Å². The fourth-order valence-corrected chi connectivity index (χ4v) is 3.80. The number of aromatic nitrogens is 3. The molecule has 3 rings (SSSR count). The molecule has 2 heterocycles. The predicted molar refractivity (Wildman–Crippen MR) is 110 cm³/mol. The minimum Gasteiger partial charge on any atom is -0.333 e. The number of benzene rings is 1. The molecule has 0 spiro atoms. The quantitative estimate of drug-likeness (QED) is 0.351. The third-order valence-corrected chi connectivity index (χ3v) is 6.41. The molecule has 7 nitrogen and oxygen atoms in total. The van der Waals surface area contributed by atoms with E-state index in [0.717, 1.165) is 4.57 Å². The van der Waals surface area contributed by atoms with E-state index in [2.05, 4.69) is 14.6 Å². The van der Waals surface area contributed by atoms with Crippen molar-refractivity contribution in [2.45, 2.75) is 57.6 Å². The molecule has 1 aromatic heterocycles. The van der Waals surface area contributed by atoms with Gasteiger partial charge in [-0.15, -0.1) is 10.2 Å². The van der Waals surface area contributed by atoms with Gasteiger partial charge >= 0.3 is 6.18 Å². The van der Waals surface area contributed by atoms with Crippen molar-refractivity contribution < 1.29 is 35.3 Å². The molecule has 1 atom stereocenters. The van der Waals surface area contributed by atoms with Gasteiger partial charge in [0.2, 0.25) is 11.7 Å². The van der Waals surface area contributed by atoms with Crippen LogP contribution in [0.4, 0.5) is 26.3 Å². The molecule has 1 aliphatic heterocycles. The average Bonchev–Trinajstić information content (AvgIpc) is 3.14. The van der Waals surface area contributed by atoms with E-state index in [1.165, 1.54) is 4.90 Å². The number of hydrogen-bond acceptors (Lipinski definition) is 4. The zero-order chi connectivity index (χ0) is 25.4. The Labute approximate surface area is 193 Å². The summed E-state index contributed by atoms with van der Waals surface area (Å²) in [5.74, 6) is -5.55. The molecule has 1 aromatic carbocycles. The van der Waals surface area contributed by atoms with Gasteiger partial charge in [-0.2, -0.15) is 17.6 Å². The van der Waals surface area contributed by atoms with E-state index >= 15 is 0 Å². The van der Waals surface area contributed by atoms with E-state index in [1.54, 1.807) is 20.8 Å². The Balaban J connectivity index is 1.83. The molecule has 0 N–H and O–H groups in total. The number of rotatable bonds is 5. The minimum absolute atomic E-state index is 0.0498. The number of fused-ring (bicyclic) bond motifs is 1. The first-order valence-electron chi connectivity index (χ1n) is 10.1. The Kier molecular flexibility index (Phi) is 7.20. The third-order valence-electron chi connectivity index (χ3n) is 4.93. The maximum Gasteiger partial charge on any atom is 0.451 e. The summed E-state index contributed by atoms with van der Waals surface area (Å²) in [6.45, 7) is 4.35. The van der Waals surface area contributed by atoms with Crippen molar-refractivity contribution in [3.8, 4) is 0 Å². The maximum atomic E-state index is 14.2. The highest BCUT2D eigenvalue weighted by molar-refractivity contribution is 7.85. The van der Waals surface area contributed by atoms with Gasteiger partial charge in [0, 0.05) is 31.3 Å². The van der Waals surface area contributed by atoms with Crippen molar-refractivity contribution in [1.82, 2.24) is 19.7 Å². The zero-order valence-electron chi connectivity index (χ0n) is 18.4. The summed E-state index contributed by atoms with van der Waals surface area (Å²) in [6.07, 6.45) is -5.57. The summed E-state index contributed by atoms with van der Waals surface area (Å²) in [7, 11) is -1.85. The first-order valence-corrected chi connectivity index (χ1v) is 11.2. The van der Waals surface area contributed by atoms with Crippen LogP contribution in [0.2, 0.25) is 0 Å². The second-order valence-electron chi connectivity index (χ2n) is 8.63. The van der Waals surface area contributed by atoms with E-state index in [1.807, 2.05) is 0 Å². The van der Waals surface area contributed by atoms with Gasteiger partial charge in [0.25, 0.3) is 0 Å². The first-order chi connectivity index (χ1) is 15.7. The Morgan fingerprint density at radius 1 is 1.06 bits per heavy atom. The number of alkyl halides is 3. The number of carbonyl (C=O) groups is 1. The van der Waals surface area contributed by atoms with Crippen LogP contribution in [0.3, 0.4) is 0 Å². The Morgan fingerprint density at radius 3 is 2.32 bits per heavy atom. The molecule has 0 aliphatic carbocycles. The van der Waals surface area contributed by atoms with Gasteiger partial charge in [-0.1, -0.05) is 0 Å². The first kappa shape index (κ1) is 25.8. The molecule has 0 bridgehead atoms. The van der Waals surface area contributed by atoms with Crippen LogP contribution >= 0.6 is 0 Å². The van der Waals surface area contributed by atoms with Crippen molar-refractivity contribution >= 4 is 22.6 Å². The largest absolute Gasteiger partial charge is 0.451 e. The predicted octanol–water partition coefficient (Wildman–Crippen LogP) is 3.59. The molecule has 0 radical (unpaired) electrons. The Bertz CT molecular complexity index is 1160. The molecular formula is C20H21F6N5O2S. The van der Waals surface area contributed by atoms with Crippen LogP contribution in [0, 0.1) is 17.5 Å². The van der Waals surface area contributed by atoms with Crippen LogP contribution in [0.1, 0.15) is 44.4 Å². The normalized spacial score (nSPS) is 15.9. The SMILES string of the molecule is CC(C)(C)S(=O)N=C(CC(=O)N1CCn2c(nnc2C(F)(F)F)C1)Cc1cc(F)c(F)cc1F. The molecule has 186 valence electrons. The molecular weight excluding hydrogens is 488 g/mol. The Morgan fingerprint density at radius 2 is 1.71 bits per heavy atom. The summed E-state index contributed by atoms with van der Waals surface area (Å²) in [5, 5.41) is 6.66. The van der Waals surface area contributed by atoms with E-state index in [-0.39, 0.29) is 36.7 Å². The van der Waals surface area contributed by atoms with Crippen LogP contribution < -0.4 is 0 Å². The molecule has 1 aliphatic rings. The maximum absolute atomic E-state index is 14.2. The monoisotopic (exact) mass is 509 g/mol. The number of nitrogens with zero attached hydrogens (tertiary/aromatic N) is 5. The lowest BCUT2D eigenvalue weighted by Gasteiger charge is -2.28. The summed E-state index contributed by atoms with van der Waals surface area (Å²) in [4.78, 5) is 14.1. The highest BCUT2D eigenvalue weighted by Gasteiger charge is 2.40. The lowest BCUT2D eigenvalue weighted by molar-refractivity contribution is -0.148. The highest BCUT2D eigenvalue weighted by atomic mass is 32.2. The van der Waals surface area contributed by atoms with Crippen LogP contribution in [0.5, 0.6) is 0 Å². The molecule has 1 unspecified atom stereocenters. The molecule has 34 heavy (non-hydrogen) atoms. The molecule has 0 fully saturated rings. The van der Waals surface area contributed by atoms with Gasteiger partial charge in [-0.05, 0) is 32.4 Å². The summed E-state index contributed by atoms with van der Waals surface area (Å²) in [5.41, 5.74) is -0.337. The Hall–Kier alpha value is -2.77. The standard InChI is InChI=1S/C20H21F6N5O2S/c1-19(2,3)34(33)29-12(6-11-7-14(22)15(23)9-13(11)21)8-17(32)30-4-5-31-16(10-30)27-28-18(31)20(24,25)26/h7,9H,4-6,8,10H2,1-3H3. The van der Waals surface area contributed by atoms with E-state index in [9.17, 15) is 35.3 Å². The average molecular weight is 509 g/mol. The fourth-order valence-electron chi connectivity index (χ4n) is 3.17. The topological polar surface area (TPSA) is 80.5 Å². The number of amides is 1. The van der Waals surface area contributed by atoms with Crippen molar-refractivity contribution in [1.29, 1.82) is 0 Å². The van der Waals surface area contributed by atoms with Gasteiger partial charge in [-0.25, -0.2) is 17.4 Å². The van der Waals surface area contributed by atoms with Crippen LogP contribution in [0.15, 0.2) is 16.5 Å². The molecule has 14 heteroatoms. The van der Waals surface area contributed by atoms with E-state index in [4.69, 9.17) is 0 Å². The number of hydrogen-bond donors (Lipinski definition) is 0. The molecule has 0 saturated heterocycles. The van der Waals surface area contributed by atoms with Crippen LogP contribution in [-0.2, 0) is 41.5 Å². The molecule has 2 aromatic rings. The molecule has 1 amide bonds. The zero-order valence-corrected chi connectivity index (χ0v) is 19.2. The second-order valence-corrected chi connectivity index (χ2v) is 10.5. The third kappa shape index (κ3) is 5.83. The van der Waals surface area contributed by atoms with Gasteiger partial charge in [0.05, 0.1) is 17.7 Å².